The van der Waals surface area contributed by atoms with Crippen LogP contribution in [0, 0.1) is 5.82 Å². The molecular formula is C21H27FN6O. The highest BCUT2D eigenvalue weighted by Gasteiger charge is 2.24. The first-order chi connectivity index (χ1) is 13.9. The van der Waals surface area contributed by atoms with Crippen molar-refractivity contribution in [1.82, 2.24) is 24.9 Å². The zero-order chi connectivity index (χ0) is 21.0. The lowest BCUT2D eigenvalue weighted by Gasteiger charge is -2.25. The molecule has 0 saturated carbocycles. The number of carbonyl (C=O) groups excluding carboxylic acids is 1. The van der Waals surface area contributed by atoms with Gasteiger partial charge < -0.3 is 10.2 Å². The number of aromatic amines is 1. The van der Waals surface area contributed by atoms with Gasteiger partial charge in [0.1, 0.15) is 5.82 Å². The Kier molecular flexibility index (Phi) is 6.31. The van der Waals surface area contributed by atoms with Gasteiger partial charge in [-0.15, -0.1) is 0 Å². The highest BCUT2D eigenvalue weighted by molar-refractivity contribution is 5.74. The molecule has 0 radical (unpaired) electrons. The average Bonchev–Trinajstić information content (AvgIpc) is 3.30. The van der Waals surface area contributed by atoms with Gasteiger partial charge in [-0.25, -0.2) is 4.39 Å². The van der Waals surface area contributed by atoms with Gasteiger partial charge in [-0.3, -0.25) is 14.6 Å². The molecule has 0 fully saturated rings. The molecule has 2 N–H and O–H groups in total. The van der Waals surface area contributed by atoms with Crippen LogP contribution in [0.1, 0.15) is 38.4 Å². The summed E-state index contributed by atoms with van der Waals surface area (Å²) in [7, 11) is 1.82. The van der Waals surface area contributed by atoms with Gasteiger partial charge in [0, 0.05) is 50.0 Å². The summed E-state index contributed by atoms with van der Waals surface area (Å²) in [5.74, 6) is 0.205. The SMILES string of the molecule is CC(=O)N1CCc2[nH]nc(Nc3ccc(-c4cnn(C)c4)cc3F)c2C1.CCC. The first-order valence-electron chi connectivity index (χ1n) is 9.80. The Morgan fingerprint density at radius 1 is 1.31 bits per heavy atom. The molecule has 3 heterocycles. The van der Waals surface area contributed by atoms with Crippen molar-refractivity contribution in [2.45, 2.75) is 40.2 Å². The Labute approximate surface area is 169 Å². The Morgan fingerprint density at radius 2 is 2.07 bits per heavy atom. The third-order valence-electron chi connectivity index (χ3n) is 4.64. The van der Waals surface area contributed by atoms with Crippen molar-refractivity contribution in [3.8, 4) is 11.1 Å². The minimum absolute atomic E-state index is 0.0230. The van der Waals surface area contributed by atoms with E-state index in [1.54, 1.807) is 28.8 Å². The largest absolute Gasteiger partial charge is 0.338 e. The van der Waals surface area contributed by atoms with Crippen molar-refractivity contribution < 1.29 is 9.18 Å². The molecule has 0 saturated heterocycles. The lowest BCUT2D eigenvalue weighted by Crippen LogP contribution is -2.34. The van der Waals surface area contributed by atoms with Crippen LogP contribution in [0.5, 0.6) is 0 Å². The summed E-state index contributed by atoms with van der Waals surface area (Å²) >= 11 is 0. The predicted octanol–water partition coefficient (Wildman–Crippen LogP) is 4.01. The van der Waals surface area contributed by atoms with Crippen LogP contribution in [0.15, 0.2) is 30.6 Å². The standard InChI is InChI=1S/C18H19FN6O.C3H8/c1-11(26)25-6-5-16-14(10-25)18(23-22-16)21-17-4-3-12(7-15(17)19)13-8-20-24(2)9-13;1-3-2/h3-4,7-9H,5-6,10H2,1-2H3,(H2,21,22,23);3H2,1-2H3. The zero-order valence-corrected chi connectivity index (χ0v) is 17.3. The molecule has 0 bridgehead atoms. The predicted molar refractivity (Wildman–Crippen MR) is 111 cm³/mol. The molecule has 0 spiro atoms. The summed E-state index contributed by atoms with van der Waals surface area (Å²) in [5.41, 5.74) is 3.84. The molecule has 7 nitrogen and oxygen atoms in total. The van der Waals surface area contributed by atoms with Gasteiger partial charge in [0.05, 0.1) is 18.4 Å². The smallest absolute Gasteiger partial charge is 0.219 e. The van der Waals surface area contributed by atoms with Gasteiger partial charge in [-0.2, -0.15) is 10.2 Å². The molecule has 0 aliphatic carbocycles. The van der Waals surface area contributed by atoms with Crippen LogP contribution < -0.4 is 5.32 Å². The van der Waals surface area contributed by atoms with Gasteiger partial charge in [0.25, 0.3) is 0 Å². The van der Waals surface area contributed by atoms with E-state index in [1.165, 1.54) is 12.5 Å². The molecule has 1 aliphatic heterocycles. The molecule has 4 rings (SSSR count). The lowest BCUT2D eigenvalue weighted by molar-refractivity contribution is -0.129. The molecule has 3 aromatic rings. The number of carbonyl (C=O) groups is 1. The van der Waals surface area contributed by atoms with Crippen molar-refractivity contribution in [3.63, 3.8) is 0 Å². The zero-order valence-electron chi connectivity index (χ0n) is 17.3. The van der Waals surface area contributed by atoms with Crippen molar-refractivity contribution >= 4 is 17.4 Å². The fourth-order valence-corrected chi connectivity index (χ4v) is 3.16. The molecular weight excluding hydrogens is 371 g/mol. The third-order valence-corrected chi connectivity index (χ3v) is 4.64. The number of H-pyrrole nitrogens is 1. The number of anilines is 2. The number of aryl methyl sites for hydroxylation is 1. The Hall–Kier alpha value is -3.16. The number of halogens is 1. The van der Waals surface area contributed by atoms with Gasteiger partial charge in [-0.1, -0.05) is 26.3 Å². The molecule has 29 heavy (non-hydrogen) atoms. The quantitative estimate of drug-likeness (QED) is 0.699. The Balaban J connectivity index is 0.000000755. The minimum atomic E-state index is -0.373. The van der Waals surface area contributed by atoms with Gasteiger partial charge in [0.15, 0.2) is 5.82 Å². The molecule has 0 unspecified atom stereocenters. The van der Waals surface area contributed by atoms with Crippen molar-refractivity contribution in [2.24, 2.45) is 7.05 Å². The van der Waals surface area contributed by atoms with E-state index in [2.05, 4.69) is 34.5 Å². The van der Waals surface area contributed by atoms with E-state index in [-0.39, 0.29) is 11.7 Å². The summed E-state index contributed by atoms with van der Waals surface area (Å²) in [6.45, 7) is 6.94. The van der Waals surface area contributed by atoms with Gasteiger partial charge in [-0.05, 0) is 17.7 Å². The number of hydrogen-bond donors (Lipinski definition) is 2. The maximum absolute atomic E-state index is 14.6. The van der Waals surface area contributed by atoms with E-state index in [4.69, 9.17) is 0 Å². The summed E-state index contributed by atoms with van der Waals surface area (Å²) in [6, 6.07) is 4.99. The number of fused-ring (bicyclic) bond motifs is 1. The molecule has 0 atom stereocenters. The minimum Gasteiger partial charge on any atom is -0.338 e. The Morgan fingerprint density at radius 3 is 2.69 bits per heavy atom. The van der Waals surface area contributed by atoms with Crippen LogP contribution in [0.25, 0.3) is 11.1 Å². The Bertz CT molecular complexity index is 993. The topological polar surface area (TPSA) is 78.8 Å². The number of nitrogens with zero attached hydrogens (tertiary/aromatic N) is 4. The molecule has 1 aromatic carbocycles. The summed E-state index contributed by atoms with van der Waals surface area (Å²) in [5, 5.41) is 14.4. The van der Waals surface area contributed by atoms with Gasteiger partial charge >= 0.3 is 0 Å². The van der Waals surface area contributed by atoms with E-state index in [0.717, 1.165) is 22.4 Å². The fraction of sp³-hybridized carbons (Fsp3) is 0.381. The first kappa shape index (κ1) is 20.6. The third kappa shape index (κ3) is 4.64. The molecule has 8 heteroatoms. The van der Waals surface area contributed by atoms with E-state index in [0.29, 0.717) is 31.0 Å². The maximum Gasteiger partial charge on any atom is 0.219 e. The van der Waals surface area contributed by atoms with Crippen LogP contribution in [0.3, 0.4) is 0 Å². The van der Waals surface area contributed by atoms with E-state index < -0.39 is 0 Å². The summed E-state index contributed by atoms with van der Waals surface area (Å²) < 4.78 is 16.3. The van der Waals surface area contributed by atoms with Crippen LogP contribution in [-0.2, 0) is 24.8 Å². The van der Waals surface area contributed by atoms with Crippen LogP contribution in [0.4, 0.5) is 15.9 Å². The maximum atomic E-state index is 14.6. The summed E-state index contributed by atoms with van der Waals surface area (Å²) in [6.07, 6.45) is 5.50. The van der Waals surface area contributed by atoms with E-state index in [9.17, 15) is 9.18 Å². The molecule has 1 amide bonds. The first-order valence-corrected chi connectivity index (χ1v) is 9.80. The number of nitrogens with one attached hydrogen (secondary N) is 2. The number of benzene rings is 1. The van der Waals surface area contributed by atoms with E-state index >= 15 is 0 Å². The fourth-order valence-electron chi connectivity index (χ4n) is 3.16. The molecule has 2 aromatic heterocycles. The lowest BCUT2D eigenvalue weighted by atomic mass is 10.1. The van der Waals surface area contributed by atoms with Gasteiger partial charge in [0.2, 0.25) is 5.91 Å². The number of amides is 1. The van der Waals surface area contributed by atoms with Crippen LogP contribution >= 0.6 is 0 Å². The highest BCUT2D eigenvalue weighted by Crippen LogP contribution is 2.29. The normalized spacial score (nSPS) is 12.8. The second-order valence-corrected chi connectivity index (χ2v) is 7.15. The number of hydrogen-bond acceptors (Lipinski definition) is 4. The number of aromatic nitrogens is 4. The highest BCUT2D eigenvalue weighted by atomic mass is 19.1. The summed E-state index contributed by atoms with van der Waals surface area (Å²) in [4.78, 5) is 13.4. The molecule has 1 aliphatic rings. The second-order valence-electron chi connectivity index (χ2n) is 7.15. The second kappa shape index (κ2) is 8.89. The van der Waals surface area contributed by atoms with E-state index in [1.807, 2.05) is 19.3 Å². The van der Waals surface area contributed by atoms with Crippen molar-refractivity contribution in [2.75, 3.05) is 11.9 Å². The number of rotatable bonds is 3. The van der Waals surface area contributed by atoms with Crippen LogP contribution in [0.2, 0.25) is 0 Å². The van der Waals surface area contributed by atoms with Crippen LogP contribution in [-0.4, -0.2) is 37.3 Å². The average molecular weight is 398 g/mol. The monoisotopic (exact) mass is 398 g/mol. The van der Waals surface area contributed by atoms with Crippen molar-refractivity contribution in [1.29, 1.82) is 0 Å². The van der Waals surface area contributed by atoms with Crippen molar-refractivity contribution in [3.05, 3.63) is 47.7 Å². The molecule has 154 valence electrons.